The van der Waals surface area contributed by atoms with Crippen LogP contribution in [0.15, 0.2) is 48.2 Å². The third kappa shape index (κ3) is 5.04. The summed E-state index contributed by atoms with van der Waals surface area (Å²) in [5.41, 5.74) is 3.15. The molecule has 10 nitrogen and oxygen atoms in total. The number of aliphatic hydroxyl groups is 1. The van der Waals surface area contributed by atoms with Crippen LogP contribution in [0.25, 0.3) is 11.4 Å². The molecule has 0 bridgehead atoms. The highest BCUT2D eigenvalue weighted by Gasteiger charge is 2.49. The van der Waals surface area contributed by atoms with E-state index in [4.69, 9.17) is 9.47 Å². The Morgan fingerprint density at radius 2 is 1.81 bits per heavy atom. The average Bonchev–Trinajstić information content (AvgIpc) is 3.61. The topological polar surface area (TPSA) is 123 Å². The zero-order valence-electron chi connectivity index (χ0n) is 24.1. The zero-order chi connectivity index (χ0) is 30.1. The highest BCUT2D eigenvalue weighted by molar-refractivity contribution is 7.17. The second kappa shape index (κ2) is 11.8. The second-order valence-corrected chi connectivity index (χ2v) is 11.0. The number of ether oxygens (including phenoxy) is 2. The van der Waals surface area contributed by atoms with Crippen LogP contribution in [-0.4, -0.2) is 50.3 Å². The number of carbonyl (C=O) groups excluding carboxylic acids is 3. The fraction of sp³-hybridized carbons (Fsp3) is 0.323. The zero-order valence-corrected chi connectivity index (χ0v) is 24.9. The van der Waals surface area contributed by atoms with Crippen molar-refractivity contribution in [2.45, 2.75) is 53.5 Å². The number of rotatable bonds is 9. The molecule has 1 N–H and O–H groups in total. The molecule has 1 fully saturated rings. The maximum Gasteiger partial charge on any atom is 0.350 e. The largest absolute Gasteiger partial charge is 0.505 e. The molecule has 1 atom stereocenters. The summed E-state index contributed by atoms with van der Waals surface area (Å²) in [6.07, 6.45) is 3.73. The molecule has 4 heterocycles. The van der Waals surface area contributed by atoms with Gasteiger partial charge in [0, 0.05) is 6.20 Å². The highest BCUT2D eigenvalue weighted by Crippen LogP contribution is 2.44. The fourth-order valence-corrected chi connectivity index (χ4v) is 5.96. The van der Waals surface area contributed by atoms with Crippen LogP contribution in [-0.2, 0) is 14.3 Å². The number of pyridine rings is 1. The van der Waals surface area contributed by atoms with Crippen molar-refractivity contribution in [2.24, 2.45) is 0 Å². The van der Waals surface area contributed by atoms with Crippen LogP contribution >= 0.6 is 11.3 Å². The summed E-state index contributed by atoms with van der Waals surface area (Å²) in [5.74, 6) is -2.05. The fourth-order valence-electron chi connectivity index (χ4n) is 4.97. The number of aryl methyl sites for hydroxylation is 3. The van der Waals surface area contributed by atoms with Crippen molar-refractivity contribution < 1.29 is 29.0 Å². The van der Waals surface area contributed by atoms with Crippen molar-refractivity contribution in [2.75, 3.05) is 18.1 Å². The quantitative estimate of drug-likeness (QED) is 0.0869. The van der Waals surface area contributed by atoms with Gasteiger partial charge in [0.15, 0.2) is 10.9 Å². The van der Waals surface area contributed by atoms with Gasteiger partial charge in [-0.15, -0.1) is 0 Å². The molecule has 0 aliphatic carbocycles. The number of hydrogen-bond acceptors (Lipinski definition) is 9. The first-order chi connectivity index (χ1) is 20.2. The number of imidazole rings is 1. The number of esters is 1. The first-order valence-corrected chi connectivity index (χ1v) is 14.6. The van der Waals surface area contributed by atoms with E-state index in [1.54, 1.807) is 45.0 Å². The highest BCUT2D eigenvalue weighted by atomic mass is 32.1. The number of unbranched alkanes of at least 4 members (excludes halogenated alkanes) is 1. The predicted octanol–water partition coefficient (Wildman–Crippen LogP) is 5.70. The van der Waals surface area contributed by atoms with Crippen molar-refractivity contribution in [1.29, 1.82) is 0 Å². The maximum atomic E-state index is 13.7. The third-order valence-corrected chi connectivity index (χ3v) is 8.30. The monoisotopic (exact) mass is 588 g/mol. The smallest absolute Gasteiger partial charge is 0.350 e. The van der Waals surface area contributed by atoms with Crippen LogP contribution in [0.1, 0.15) is 70.6 Å². The third-order valence-electron chi connectivity index (χ3n) is 7.17. The number of aliphatic hydroxyl groups excluding tert-OH is 1. The van der Waals surface area contributed by atoms with Crippen LogP contribution in [0.3, 0.4) is 0 Å². The molecule has 0 spiro atoms. The Morgan fingerprint density at radius 3 is 2.48 bits per heavy atom. The lowest BCUT2D eigenvalue weighted by atomic mass is 9.96. The molecule has 0 saturated carbocycles. The molecule has 1 saturated heterocycles. The van der Waals surface area contributed by atoms with Crippen LogP contribution in [0.5, 0.6) is 5.75 Å². The van der Waals surface area contributed by atoms with Crippen molar-refractivity contribution in [3.05, 3.63) is 81.3 Å². The average molecular weight is 589 g/mol. The summed E-state index contributed by atoms with van der Waals surface area (Å²) in [7, 11) is 0. The Hall–Kier alpha value is -4.51. The molecule has 3 aromatic heterocycles. The van der Waals surface area contributed by atoms with Crippen LogP contribution in [0.2, 0.25) is 0 Å². The van der Waals surface area contributed by atoms with Gasteiger partial charge in [-0.25, -0.2) is 14.8 Å². The Labute approximate surface area is 247 Å². The number of hydrogen-bond donors (Lipinski definition) is 1. The molecule has 1 unspecified atom stereocenters. The minimum atomic E-state index is -1.03. The molecule has 1 amide bonds. The summed E-state index contributed by atoms with van der Waals surface area (Å²) < 4.78 is 12.8. The summed E-state index contributed by atoms with van der Waals surface area (Å²) in [6.45, 7) is 9.86. The molecule has 1 aliphatic heterocycles. The first-order valence-electron chi connectivity index (χ1n) is 13.8. The number of Topliss-reactive ketones (excluding diaryl/α,β-unsaturated/α-hetero) is 1. The van der Waals surface area contributed by atoms with Gasteiger partial charge < -0.3 is 19.0 Å². The molecule has 4 aromatic rings. The maximum absolute atomic E-state index is 13.7. The van der Waals surface area contributed by atoms with Crippen LogP contribution in [0, 0.1) is 20.8 Å². The number of ketones is 1. The lowest BCUT2D eigenvalue weighted by Crippen LogP contribution is -2.29. The molecule has 11 heteroatoms. The van der Waals surface area contributed by atoms with Gasteiger partial charge in [0.25, 0.3) is 5.78 Å². The van der Waals surface area contributed by atoms with E-state index in [1.807, 2.05) is 29.7 Å². The van der Waals surface area contributed by atoms with Crippen molar-refractivity contribution >= 4 is 45.5 Å². The van der Waals surface area contributed by atoms with E-state index < -0.39 is 23.7 Å². The van der Waals surface area contributed by atoms with E-state index >= 15 is 0 Å². The number of amides is 1. The van der Waals surface area contributed by atoms with E-state index in [-0.39, 0.29) is 33.6 Å². The summed E-state index contributed by atoms with van der Waals surface area (Å²) in [6, 6.07) is 9.79. The SMILES string of the molecule is CCCCOc1ccc(C2/C(=C(\O)c3nc4c(C)cccn4c3C)C(=O)C(=O)N2c2nc(C)c(C(=O)OCC)s2)cc1. The number of nitrogens with zero attached hydrogens (tertiary/aromatic N) is 4. The Balaban J connectivity index is 1.67. The van der Waals surface area contributed by atoms with Crippen molar-refractivity contribution in [3.63, 3.8) is 0 Å². The Morgan fingerprint density at radius 1 is 1.07 bits per heavy atom. The molecular weight excluding hydrogens is 556 g/mol. The molecule has 0 radical (unpaired) electrons. The number of carbonyl (C=O) groups is 3. The summed E-state index contributed by atoms with van der Waals surface area (Å²) in [5, 5.41) is 11.8. The Kier molecular flexibility index (Phi) is 8.13. The van der Waals surface area contributed by atoms with E-state index in [9.17, 15) is 19.5 Å². The number of fused-ring (bicyclic) bond motifs is 1. The van der Waals surface area contributed by atoms with E-state index in [1.165, 1.54) is 4.90 Å². The van der Waals surface area contributed by atoms with Crippen molar-refractivity contribution in [1.82, 2.24) is 14.4 Å². The van der Waals surface area contributed by atoms with Gasteiger partial charge in [0.05, 0.1) is 36.2 Å². The van der Waals surface area contributed by atoms with Gasteiger partial charge in [0.1, 0.15) is 22.0 Å². The standard InChI is InChI=1S/C31H32N4O6S/c1-6-8-16-41-21-13-11-20(12-14-21)24-22(25(36)23-19(5)34-15-9-10-17(3)28(34)33-23)26(37)29(38)35(24)31-32-18(4)27(42-31)30(39)40-7-2/h9-15,24,36H,6-8,16H2,1-5H3/b25-22+. The number of thiazole rings is 1. The van der Waals surface area contributed by atoms with E-state index in [2.05, 4.69) is 16.9 Å². The van der Waals surface area contributed by atoms with Gasteiger partial charge in [0.2, 0.25) is 0 Å². The lowest BCUT2D eigenvalue weighted by molar-refractivity contribution is -0.132. The molecule has 1 aliphatic rings. The minimum Gasteiger partial charge on any atom is -0.505 e. The van der Waals surface area contributed by atoms with Gasteiger partial charge in [-0.3, -0.25) is 14.5 Å². The first kappa shape index (κ1) is 29.0. The summed E-state index contributed by atoms with van der Waals surface area (Å²) in [4.78, 5) is 50.4. The minimum absolute atomic E-state index is 0.116. The van der Waals surface area contributed by atoms with E-state index in [0.717, 1.165) is 29.7 Å². The van der Waals surface area contributed by atoms with Gasteiger partial charge in [-0.2, -0.15) is 0 Å². The Bertz CT molecular complexity index is 1720. The van der Waals surface area contributed by atoms with Crippen LogP contribution in [0.4, 0.5) is 5.13 Å². The second-order valence-electron chi connectivity index (χ2n) is 10.0. The number of anilines is 1. The normalized spacial score (nSPS) is 16.4. The summed E-state index contributed by atoms with van der Waals surface area (Å²) >= 11 is 0.963. The molecule has 218 valence electrons. The number of aromatic nitrogens is 3. The van der Waals surface area contributed by atoms with Gasteiger partial charge in [-0.1, -0.05) is 42.9 Å². The predicted molar refractivity (Wildman–Crippen MR) is 159 cm³/mol. The van der Waals surface area contributed by atoms with Gasteiger partial charge in [-0.05, 0) is 63.4 Å². The molecule has 5 rings (SSSR count). The lowest BCUT2D eigenvalue weighted by Gasteiger charge is -2.23. The molecule has 1 aromatic carbocycles. The molecular formula is C31H32N4O6S. The van der Waals surface area contributed by atoms with Gasteiger partial charge >= 0.3 is 11.9 Å². The van der Waals surface area contributed by atoms with E-state index in [0.29, 0.717) is 35.0 Å². The van der Waals surface area contributed by atoms with Crippen LogP contribution < -0.4 is 9.64 Å². The molecule has 42 heavy (non-hydrogen) atoms. The van der Waals surface area contributed by atoms with Crippen molar-refractivity contribution in [3.8, 4) is 5.75 Å². The number of benzene rings is 1.